The Morgan fingerprint density at radius 2 is 0.969 bits per heavy atom. The van der Waals surface area contributed by atoms with Crippen LogP contribution in [0.2, 0.25) is 0 Å². The molecule has 180 valence electrons. The SMILES string of the molecule is CCCCCCCCO[PH](OCCCCCCCC)(Oc1ccccc1)c1ccccc1. The van der Waals surface area contributed by atoms with Crippen LogP contribution in [0.3, 0.4) is 0 Å². The summed E-state index contributed by atoms with van der Waals surface area (Å²) in [6.45, 7) is 5.86. The van der Waals surface area contributed by atoms with Gasteiger partial charge in [-0.1, -0.05) is 0 Å². The van der Waals surface area contributed by atoms with Crippen LogP contribution in [0.5, 0.6) is 5.75 Å². The number of unbranched alkanes of at least 4 members (excludes halogenated alkanes) is 10. The van der Waals surface area contributed by atoms with Crippen LogP contribution in [0.15, 0.2) is 60.7 Å². The summed E-state index contributed by atoms with van der Waals surface area (Å²) in [5.74, 6) is 0.814. The van der Waals surface area contributed by atoms with Crippen molar-refractivity contribution in [2.24, 2.45) is 0 Å². The van der Waals surface area contributed by atoms with Gasteiger partial charge in [0.05, 0.1) is 0 Å². The second-order valence-corrected chi connectivity index (χ2v) is 11.0. The molecule has 0 unspecified atom stereocenters. The molecule has 3 nitrogen and oxygen atoms in total. The first kappa shape index (κ1) is 26.8. The number of hydrogen-bond acceptors (Lipinski definition) is 3. The molecule has 0 aliphatic carbocycles. The molecule has 0 atom stereocenters. The molecule has 0 spiro atoms. The fourth-order valence-electron chi connectivity index (χ4n) is 3.79. The number of para-hydroxylation sites is 1. The maximum atomic E-state index is 6.57. The molecule has 0 amide bonds. The Hall–Kier alpha value is -1.41. The van der Waals surface area contributed by atoms with Gasteiger partial charge in [0.25, 0.3) is 0 Å². The Balaban J connectivity index is 2.04. The van der Waals surface area contributed by atoms with Gasteiger partial charge in [-0.25, -0.2) is 0 Å². The Labute approximate surface area is 197 Å². The molecule has 0 bridgehead atoms. The molecule has 0 N–H and O–H groups in total. The van der Waals surface area contributed by atoms with E-state index in [-0.39, 0.29) is 0 Å². The van der Waals surface area contributed by atoms with Crippen molar-refractivity contribution in [3.05, 3.63) is 60.7 Å². The van der Waals surface area contributed by atoms with Crippen molar-refractivity contribution < 1.29 is 13.6 Å². The summed E-state index contributed by atoms with van der Waals surface area (Å²) in [6, 6.07) is 20.3. The van der Waals surface area contributed by atoms with Crippen LogP contribution in [0, 0.1) is 0 Å². The van der Waals surface area contributed by atoms with Crippen molar-refractivity contribution in [1.29, 1.82) is 0 Å². The van der Waals surface area contributed by atoms with Gasteiger partial charge in [-0.15, -0.1) is 0 Å². The molecule has 0 saturated heterocycles. The van der Waals surface area contributed by atoms with E-state index in [1.807, 2.05) is 48.5 Å². The van der Waals surface area contributed by atoms with E-state index in [1.165, 1.54) is 64.2 Å². The van der Waals surface area contributed by atoms with Gasteiger partial charge < -0.3 is 0 Å². The molecule has 2 aromatic rings. The first-order valence-corrected chi connectivity index (χ1v) is 14.6. The normalized spacial score (nSPS) is 12.1. The molecule has 4 heteroatoms. The molecule has 0 aromatic heterocycles. The van der Waals surface area contributed by atoms with E-state index in [9.17, 15) is 0 Å². The van der Waals surface area contributed by atoms with Crippen molar-refractivity contribution in [1.82, 2.24) is 0 Å². The average Bonchev–Trinajstić information content (AvgIpc) is 2.84. The third-order valence-electron chi connectivity index (χ3n) is 5.70. The average molecular weight is 461 g/mol. The van der Waals surface area contributed by atoms with Gasteiger partial charge in [-0.2, -0.15) is 0 Å². The number of hydrogen-bond donors (Lipinski definition) is 0. The maximum absolute atomic E-state index is 6.57. The molecule has 0 heterocycles. The Bertz CT molecular complexity index is 660. The molecule has 0 fully saturated rings. The minimum atomic E-state index is -3.06. The second kappa shape index (κ2) is 17.1. The first-order chi connectivity index (χ1) is 15.8. The first-order valence-electron chi connectivity index (χ1n) is 12.9. The number of benzene rings is 2. The van der Waals surface area contributed by atoms with Crippen molar-refractivity contribution in [2.75, 3.05) is 13.2 Å². The Morgan fingerprint density at radius 1 is 0.531 bits per heavy atom. The Kier molecular flexibility index (Phi) is 14.4. The van der Waals surface area contributed by atoms with Crippen LogP contribution >= 0.6 is 7.94 Å². The van der Waals surface area contributed by atoms with Crippen molar-refractivity contribution in [2.45, 2.75) is 90.9 Å². The van der Waals surface area contributed by atoms with E-state index < -0.39 is 7.94 Å². The Morgan fingerprint density at radius 3 is 1.47 bits per heavy atom. The van der Waals surface area contributed by atoms with Crippen molar-refractivity contribution in [3.8, 4) is 5.75 Å². The van der Waals surface area contributed by atoms with Crippen molar-refractivity contribution in [3.63, 3.8) is 0 Å². The third-order valence-corrected chi connectivity index (χ3v) is 8.42. The minimum absolute atomic E-state index is 0.677. The molecular weight excluding hydrogens is 415 g/mol. The zero-order valence-electron chi connectivity index (χ0n) is 20.4. The van der Waals surface area contributed by atoms with E-state index in [4.69, 9.17) is 13.6 Å². The van der Waals surface area contributed by atoms with Crippen LogP contribution in [0.4, 0.5) is 0 Å². The van der Waals surface area contributed by atoms with Gasteiger partial charge in [0.1, 0.15) is 0 Å². The van der Waals surface area contributed by atoms with E-state index in [0.29, 0.717) is 13.2 Å². The third kappa shape index (κ3) is 10.5. The van der Waals surface area contributed by atoms with Gasteiger partial charge >= 0.3 is 197 Å². The summed E-state index contributed by atoms with van der Waals surface area (Å²) < 4.78 is 19.7. The van der Waals surface area contributed by atoms with Gasteiger partial charge in [0.2, 0.25) is 0 Å². The monoisotopic (exact) mass is 460 g/mol. The summed E-state index contributed by atoms with van der Waals surface area (Å²) in [7, 11) is -3.06. The predicted molar refractivity (Wildman–Crippen MR) is 140 cm³/mol. The molecule has 0 saturated carbocycles. The summed E-state index contributed by atoms with van der Waals surface area (Å²) in [6.07, 6.45) is 14.8. The predicted octanol–water partition coefficient (Wildman–Crippen LogP) is 8.64. The van der Waals surface area contributed by atoms with E-state index >= 15 is 0 Å². The summed E-state index contributed by atoms with van der Waals surface area (Å²) in [5.41, 5.74) is 0. The van der Waals surface area contributed by atoms with Gasteiger partial charge in [0, 0.05) is 0 Å². The van der Waals surface area contributed by atoms with Crippen LogP contribution in [0.25, 0.3) is 0 Å². The van der Waals surface area contributed by atoms with E-state index in [0.717, 1.165) is 23.9 Å². The fraction of sp³-hybridized carbons (Fsp3) is 0.571. The number of rotatable bonds is 19. The molecule has 2 rings (SSSR count). The van der Waals surface area contributed by atoms with Crippen LogP contribution < -0.4 is 9.83 Å². The van der Waals surface area contributed by atoms with Crippen LogP contribution in [-0.2, 0) is 9.05 Å². The van der Waals surface area contributed by atoms with E-state index in [2.05, 4.69) is 26.0 Å². The van der Waals surface area contributed by atoms with Crippen LogP contribution in [-0.4, -0.2) is 13.2 Å². The summed E-state index contributed by atoms with van der Waals surface area (Å²) in [4.78, 5) is 0. The van der Waals surface area contributed by atoms with Gasteiger partial charge in [0.15, 0.2) is 0 Å². The zero-order chi connectivity index (χ0) is 22.7. The quantitative estimate of drug-likeness (QED) is 0.155. The molecule has 32 heavy (non-hydrogen) atoms. The van der Waals surface area contributed by atoms with E-state index in [1.54, 1.807) is 0 Å². The molecule has 2 aromatic carbocycles. The van der Waals surface area contributed by atoms with Gasteiger partial charge in [-0.3, -0.25) is 0 Å². The fourth-order valence-corrected chi connectivity index (χ4v) is 6.32. The molecule has 0 aliphatic heterocycles. The van der Waals surface area contributed by atoms with Crippen molar-refractivity contribution >= 4 is 13.2 Å². The molecule has 0 aliphatic rings. The second-order valence-electron chi connectivity index (χ2n) is 8.57. The summed E-state index contributed by atoms with van der Waals surface area (Å²) >= 11 is 0. The van der Waals surface area contributed by atoms with Gasteiger partial charge in [-0.05, 0) is 0 Å². The molecular formula is C28H45O3P. The standard InChI is InChI=1S/C28H45O3P/c1-3-5-7-9-11-19-25-29-32(28-23-17-14-18-24-28,31-27-21-15-13-16-22-27)30-26-20-12-10-8-6-4-2/h13-18,21-24,32H,3-12,19-20,25-26H2,1-2H3. The van der Waals surface area contributed by atoms with Crippen LogP contribution in [0.1, 0.15) is 90.9 Å². The zero-order valence-corrected chi connectivity index (χ0v) is 21.4. The molecule has 0 radical (unpaired) electrons. The topological polar surface area (TPSA) is 27.7 Å². The summed E-state index contributed by atoms with van der Waals surface area (Å²) in [5, 5.41) is 1.04.